The van der Waals surface area contributed by atoms with Crippen LogP contribution in [-0.4, -0.2) is 24.0 Å². The summed E-state index contributed by atoms with van der Waals surface area (Å²) in [6, 6.07) is 8.61. The highest BCUT2D eigenvalue weighted by Gasteiger charge is 2.17. The Bertz CT molecular complexity index is 687. The van der Waals surface area contributed by atoms with E-state index in [1.165, 1.54) is 7.11 Å². The Morgan fingerprint density at radius 3 is 2.45 bits per heavy atom. The second kappa shape index (κ2) is 6.44. The number of carbonyl (C=O) groups excluding carboxylic acids is 2. The van der Waals surface area contributed by atoms with Gasteiger partial charge in [-0.25, -0.2) is 4.79 Å². The number of ether oxygens (including phenoxy) is 1. The minimum Gasteiger partial charge on any atom is -0.464 e. The van der Waals surface area contributed by atoms with Crippen molar-refractivity contribution in [2.75, 3.05) is 12.4 Å². The van der Waals surface area contributed by atoms with Gasteiger partial charge in [-0.15, -0.1) is 0 Å². The van der Waals surface area contributed by atoms with Gasteiger partial charge in [0.05, 0.1) is 12.8 Å². The average molecular weight is 301 g/mol. The summed E-state index contributed by atoms with van der Waals surface area (Å²) in [6.07, 6.45) is 0. The summed E-state index contributed by atoms with van der Waals surface area (Å²) in [5.74, 6) is -0.837. The number of methoxy groups -OCH3 is 1. The van der Waals surface area contributed by atoms with Crippen LogP contribution < -0.4 is 11.1 Å². The van der Waals surface area contributed by atoms with E-state index >= 15 is 0 Å². The van der Waals surface area contributed by atoms with Gasteiger partial charge in [0.15, 0.2) is 0 Å². The fraction of sp³-hybridized carbons (Fsp3) is 0.250. The fourth-order valence-electron chi connectivity index (χ4n) is 2.08. The molecular weight excluding hydrogens is 282 g/mol. The molecule has 1 atom stereocenters. The number of anilines is 1. The quantitative estimate of drug-likeness (QED) is 0.755. The topological polar surface area (TPSA) is 97.2 Å². The molecule has 0 bridgehead atoms. The Balaban J connectivity index is 2.20. The highest BCUT2D eigenvalue weighted by Crippen LogP contribution is 2.19. The van der Waals surface area contributed by atoms with E-state index in [9.17, 15) is 9.59 Å². The van der Waals surface area contributed by atoms with Crippen molar-refractivity contribution in [2.45, 2.75) is 19.9 Å². The van der Waals surface area contributed by atoms with Gasteiger partial charge < -0.3 is 20.8 Å². The Morgan fingerprint density at radius 2 is 1.91 bits per heavy atom. The third-order valence-corrected chi connectivity index (χ3v) is 3.29. The van der Waals surface area contributed by atoms with Crippen molar-refractivity contribution in [3.8, 4) is 0 Å². The van der Waals surface area contributed by atoms with E-state index in [0.717, 1.165) is 11.3 Å². The molecule has 0 aliphatic rings. The lowest BCUT2D eigenvalue weighted by Crippen LogP contribution is -2.15. The van der Waals surface area contributed by atoms with Crippen LogP contribution >= 0.6 is 0 Å². The Hall–Kier alpha value is -2.60. The molecule has 4 N–H and O–H groups in total. The van der Waals surface area contributed by atoms with Crippen molar-refractivity contribution < 1.29 is 14.3 Å². The number of esters is 1. The number of aromatic nitrogens is 1. The van der Waals surface area contributed by atoms with Gasteiger partial charge in [0.1, 0.15) is 5.69 Å². The van der Waals surface area contributed by atoms with Gasteiger partial charge in [0.2, 0.25) is 0 Å². The number of carbonyl (C=O) groups is 2. The number of nitrogens with one attached hydrogen (secondary N) is 2. The standard InChI is InChI=1S/C16H19N3O3/c1-9-8-13(14(18-9)16(21)22-3)19-15(20)12-6-4-11(5-7-12)10(2)17/h4-8,10,18H,17H2,1-3H3,(H,19,20). The van der Waals surface area contributed by atoms with Gasteiger partial charge in [-0.2, -0.15) is 0 Å². The monoisotopic (exact) mass is 301 g/mol. The smallest absolute Gasteiger partial charge is 0.356 e. The van der Waals surface area contributed by atoms with Gasteiger partial charge in [0.25, 0.3) is 5.91 Å². The van der Waals surface area contributed by atoms with Crippen molar-refractivity contribution in [2.24, 2.45) is 5.73 Å². The molecule has 1 aromatic heterocycles. The lowest BCUT2D eigenvalue weighted by atomic mass is 10.1. The van der Waals surface area contributed by atoms with Gasteiger partial charge in [-0.1, -0.05) is 12.1 Å². The van der Waals surface area contributed by atoms with Crippen LogP contribution in [-0.2, 0) is 4.74 Å². The molecule has 0 aliphatic carbocycles. The molecule has 0 aliphatic heterocycles. The molecule has 0 saturated carbocycles. The zero-order chi connectivity index (χ0) is 16.3. The number of aryl methyl sites for hydroxylation is 1. The molecule has 2 aromatic rings. The molecule has 116 valence electrons. The number of H-pyrrole nitrogens is 1. The second-order valence-corrected chi connectivity index (χ2v) is 5.10. The van der Waals surface area contributed by atoms with Crippen LogP contribution in [0.2, 0.25) is 0 Å². The van der Waals surface area contributed by atoms with Crippen LogP contribution in [0, 0.1) is 6.92 Å². The molecule has 6 nitrogen and oxygen atoms in total. The zero-order valence-electron chi connectivity index (χ0n) is 12.8. The largest absolute Gasteiger partial charge is 0.464 e. The molecule has 0 radical (unpaired) electrons. The van der Waals surface area contributed by atoms with Crippen molar-refractivity contribution in [3.05, 3.63) is 52.8 Å². The van der Waals surface area contributed by atoms with Crippen molar-refractivity contribution in [1.82, 2.24) is 4.98 Å². The van der Waals surface area contributed by atoms with Gasteiger partial charge >= 0.3 is 5.97 Å². The normalized spacial score (nSPS) is 11.8. The first kappa shape index (κ1) is 15.8. The van der Waals surface area contributed by atoms with Crippen LogP contribution in [0.25, 0.3) is 0 Å². The minimum atomic E-state index is -0.532. The average Bonchev–Trinajstić information content (AvgIpc) is 2.87. The van der Waals surface area contributed by atoms with Crippen LogP contribution in [0.3, 0.4) is 0 Å². The maximum atomic E-state index is 12.3. The summed E-state index contributed by atoms with van der Waals surface area (Å²) < 4.78 is 4.68. The predicted molar refractivity (Wildman–Crippen MR) is 83.9 cm³/mol. The molecule has 6 heteroatoms. The minimum absolute atomic E-state index is 0.0876. The first-order chi connectivity index (χ1) is 10.4. The highest BCUT2D eigenvalue weighted by atomic mass is 16.5. The number of benzene rings is 1. The van der Waals surface area contributed by atoms with Crippen LogP contribution in [0.15, 0.2) is 30.3 Å². The van der Waals surface area contributed by atoms with E-state index in [1.807, 2.05) is 19.1 Å². The number of hydrogen-bond acceptors (Lipinski definition) is 4. The van der Waals surface area contributed by atoms with Crippen LogP contribution in [0.4, 0.5) is 5.69 Å². The first-order valence-corrected chi connectivity index (χ1v) is 6.87. The lowest BCUT2D eigenvalue weighted by molar-refractivity contribution is 0.0596. The maximum absolute atomic E-state index is 12.3. The highest BCUT2D eigenvalue weighted by molar-refractivity contribution is 6.07. The molecule has 1 heterocycles. The van der Waals surface area contributed by atoms with Crippen molar-refractivity contribution in [3.63, 3.8) is 0 Å². The summed E-state index contributed by atoms with van der Waals surface area (Å²) in [5.41, 5.74) is 8.58. The van der Waals surface area contributed by atoms with Gasteiger partial charge in [0, 0.05) is 17.3 Å². The van der Waals surface area contributed by atoms with Gasteiger partial charge in [-0.05, 0) is 37.6 Å². The summed E-state index contributed by atoms with van der Waals surface area (Å²) in [5, 5.41) is 2.71. The third kappa shape index (κ3) is 3.35. The molecule has 2 rings (SSSR count). The first-order valence-electron chi connectivity index (χ1n) is 6.87. The molecule has 0 saturated heterocycles. The number of hydrogen-bond donors (Lipinski definition) is 3. The molecule has 0 fully saturated rings. The predicted octanol–water partition coefficient (Wildman–Crippen LogP) is 2.38. The number of nitrogens with two attached hydrogens (primary N) is 1. The fourth-order valence-corrected chi connectivity index (χ4v) is 2.08. The Kier molecular flexibility index (Phi) is 4.62. The lowest BCUT2D eigenvalue weighted by Gasteiger charge is -2.08. The summed E-state index contributed by atoms with van der Waals surface area (Å²) >= 11 is 0. The number of aromatic amines is 1. The Labute approximate surface area is 128 Å². The Morgan fingerprint density at radius 1 is 1.27 bits per heavy atom. The maximum Gasteiger partial charge on any atom is 0.356 e. The summed E-state index contributed by atoms with van der Waals surface area (Å²) in [6.45, 7) is 3.67. The second-order valence-electron chi connectivity index (χ2n) is 5.10. The van der Waals surface area contributed by atoms with Crippen LogP contribution in [0.5, 0.6) is 0 Å². The number of amides is 1. The summed E-state index contributed by atoms with van der Waals surface area (Å²) in [7, 11) is 1.29. The zero-order valence-corrected chi connectivity index (χ0v) is 12.8. The third-order valence-electron chi connectivity index (χ3n) is 3.29. The van der Waals surface area contributed by atoms with E-state index in [2.05, 4.69) is 15.0 Å². The van der Waals surface area contributed by atoms with E-state index in [4.69, 9.17) is 5.73 Å². The van der Waals surface area contributed by atoms with E-state index < -0.39 is 5.97 Å². The van der Waals surface area contributed by atoms with Gasteiger partial charge in [-0.3, -0.25) is 4.79 Å². The van der Waals surface area contributed by atoms with E-state index in [-0.39, 0.29) is 17.6 Å². The molecule has 22 heavy (non-hydrogen) atoms. The van der Waals surface area contributed by atoms with Crippen molar-refractivity contribution in [1.29, 1.82) is 0 Å². The van der Waals surface area contributed by atoms with E-state index in [1.54, 1.807) is 25.1 Å². The summed E-state index contributed by atoms with van der Waals surface area (Å²) in [4.78, 5) is 26.8. The molecule has 0 spiro atoms. The van der Waals surface area contributed by atoms with Crippen LogP contribution in [0.1, 0.15) is 45.1 Å². The molecule has 1 amide bonds. The molecular formula is C16H19N3O3. The molecule has 1 unspecified atom stereocenters. The van der Waals surface area contributed by atoms with E-state index in [0.29, 0.717) is 11.3 Å². The molecule has 1 aromatic carbocycles. The number of rotatable bonds is 4. The SMILES string of the molecule is COC(=O)c1[nH]c(C)cc1NC(=O)c1ccc(C(C)N)cc1. The van der Waals surface area contributed by atoms with Crippen molar-refractivity contribution >= 4 is 17.6 Å².